The minimum absolute atomic E-state index is 0.141. The second-order valence-electron chi connectivity index (χ2n) is 3.93. The van der Waals surface area contributed by atoms with Crippen LogP contribution in [0.4, 0.5) is 0 Å². The van der Waals surface area contributed by atoms with Gasteiger partial charge in [0.25, 0.3) is 5.91 Å². The minimum atomic E-state index is -1.00. The normalized spacial score (nSPS) is 10.4. The summed E-state index contributed by atoms with van der Waals surface area (Å²) in [5.41, 5.74) is 0.514. The van der Waals surface area contributed by atoms with Crippen molar-refractivity contribution in [1.82, 2.24) is 4.90 Å². The summed E-state index contributed by atoms with van der Waals surface area (Å²) in [6.07, 6.45) is 0. The highest BCUT2D eigenvalue weighted by atomic mass is 127. The largest absolute Gasteiger partial charge is 0.480 e. The molecule has 92 valence electrons. The molecule has 0 unspecified atom stereocenters. The van der Waals surface area contributed by atoms with E-state index in [0.29, 0.717) is 5.56 Å². The number of hydrogen-bond donors (Lipinski definition) is 1. The summed E-state index contributed by atoms with van der Waals surface area (Å²) in [4.78, 5) is 24.1. The van der Waals surface area contributed by atoms with Gasteiger partial charge in [0.05, 0.1) is 0 Å². The molecule has 0 saturated carbocycles. The van der Waals surface area contributed by atoms with Gasteiger partial charge in [0.15, 0.2) is 0 Å². The lowest BCUT2D eigenvalue weighted by molar-refractivity contribution is -0.138. The van der Waals surface area contributed by atoms with E-state index in [9.17, 15) is 9.59 Å². The quantitative estimate of drug-likeness (QED) is 0.850. The number of hydrogen-bond acceptors (Lipinski definition) is 2. The van der Waals surface area contributed by atoms with Crippen LogP contribution in [0.15, 0.2) is 24.3 Å². The molecule has 0 spiro atoms. The van der Waals surface area contributed by atoms with Gasteiger partial charge in [-0.2, -0.15) is 0 Å². The topological polar surface area (TPSA) is 57.6 Å². The maximum Gasteiger partial charge on any atom is 0.323 e. The fraction of sp³-hybridized carbons (Fsp3) is 0.333. The number of carboxylic acid groups (broad SMARTS) is 1. The first-order chi connectivity index (χ1) is 7.91. The molecule has 0 radical (unpaired) electrons. The maximum atomic E-state index is 12.1. The third-order valence-electron chi connectivity index (χ3n) is 2.28. The van der Waals surface area contributed by atoms with Crippen LogP contribution in [0.2, 0.25) is 0 Å². The molecule has 0 aliphatic carbocycles. The van der Waals surface area contributed by atoms with Crippen LogP contribution in [0.25, 0.3) is 0 Å². The van der Waals surface area contributed by atoms with E-state index in [1.54, 1.807) is 26.0 Å². The molecule has 1 amide bonds. The summed E-state index contributed by atoms with van der Waals surface area (Å²) < 4.78 is 1.04. The first-order valence-corrected chi connectivity index (χ1v) is 6.28. The van der Waals surface area contributed by atoms with Gasteiger partial charge in [-0.05, 0) is 60.7 Å². The predicted octanol–water partition coefficient (Wildman–Crippen LogP) is 2.23. The molecule has 1 N–H and O–H groups in total. The molecule has 0 saturated heterocycles. The van der Waals surface area contributed by atoms with Crippen molar-refractivity contribution in [2.75, 3.05) is 6.54 Å². The molecule has 4 nitrogen and oxygen atoms in total. The van der Waals surface area contributed by atoms with E-state index < -0.39 is 5.97 Å². The van der Waals surface area contributed by atoms with Crippen LogP contribution in [0, 0.1) is 3.57 Å². The minimum Gasteiger partial charge on any atom is -0.480 e. The lowest BCUT2D eigenvalue weighted by Crippen LogP contribution is -2.40. The summed E-state index contributed by atoms with van der Waals surface area (Å²) in [7, 11) is 0. The number of rotatable bonds is 4. The molecule has 0 aliphatic rings. The fourth-order valence-electron chi connectivity index (χ4n) is 1.39. The number of carboxylic acids is 1. The van der Waals surface area contributed by atoms with Crippen molar-refractivity contribution in [3.63, 3.8) is 0 Å². The number of carbonyl (C=O) groups is 2. The summed E-state index contributed by atoms with van der Waals surface area (Å²) in [5.74, 6) is -1.25. The maximum absolute atomic E-state index is 12.1. The fourth-order valence-corrected chi connectivity index (χ4v) is 1.75. The van der Waals surface area contributed by atoms with Gasteiger partial charge in [0, 0.05) is 15.2 Å². The third-order valence-corrected chi connectivity index (χ3v) is 3.00. The number of carbonyl (C=O) groups excluding carboxylic acids is 1. The molecule has 5 heteroatoms. The Hall–Kier alpha value is -1.11. The van der Waals surface area contributed by atoms with Gasteiger partial charge >= 0.3 is 5.97 Å². The van der Waals surface area contributed by atoms with E-state index >= 15 is 0 Å². The number of benzene rings is 1. The highest BCUT2D eigenvalue weighted by molar-refractivity contribution is 14.1. The lowest BCUT2D eigenvalue weighted by atomic mass is 10.1. The zero-order valence-corrected chi connectivity index (χ0v) is 11.8. The summed E-state index contributed by atoms with van der Waals surface area (Å²) >= 11 is 2.15. The number of aliphatic carboxylic acids is 1. The molecular formula is C12H14INO3. The van der Waals surface area contributed by atoms with Crippen molar-refractivity contribution in [3.8, 4) is 0 Å². The van der Waals surface area contributed by atoms with E-state index in [-0.39, 0.29) is 18.5 Å². The molecule has 0 bridgehead atoms. The van der Waals surface area contributed by atoms with E-state index in [1.165, 1.54) is 4.90 Å². The molecule has 1 aromatic carbocycles. The van der Waals surface area contributed by atoms with Crippen LogP contribution in [-0.4, -0.2) is 34.5 Å². The summed E-state index contributed by atoms with van der Waals surface area (Å²) in [5, 5.41) is 8.78. The zero-order valence-electron chi connectivity index (χ0n) is 9.68. The van der Waals surface area contributed by atoms with Crippen molar-refractivity contribution < 1.29 is 14.7 Å². The first kappa shape index (κ1) is 14.0. The van der Waals surface area contributed by atoms with Crippen molar-refractivity contribution >= 4 is 34.5 Å². The van der Waals surface area contributed by atoms with Crippen LogP contribution in [0.5, 0.6) is 0 Å². The first-order valence-electron chi connectivity index (χ1n) is 5.20. The number of amides is 1. The Balaban J connectivity index is 2.91. The van der Waals surface area contributed by atoms with E-state index in [4.69, 9.17) is 5.11 Å². The molecule has 1 rings (SSSR count). The molecule has 17 heavy (non-hydrogen) atoms. The van der Waals surface area contributed by atoms with Gasteiger partial charge in [-0.3, -0.25) is 9.59 Å². The van der Waals surface area contributed by atoms with E-state index in [0.717, 1.165) is 3.57 Å². The Morgan fingerprint density at radius 1 is 1.29 bits per heavy atom. The smallest absolute Gasteiger partial charge is 0.323 e. The van der Waals surface area contributed by atoms with Crippen LogP contribution in [0.3, 0.4) is 0 Å². The van der Waals surface area contributed by atoms with Crippen molar-refractivity contribution in [2.24, 2.45) is 0 Å². The van der Waals surface area contributed by atoms with Gasteiger partial charge < -0.3 is 10.0 Å². The van der Waals surface area contributed by atoms with Crippen LogP contribution in [-0.2, 0) is 4.79 Å². The van der Waals surface area contributed by atoms with Crippen LogP contribution < -0.4 is 0 Å². The van der Waals surface area contributed by atoms with Gasteiger partial charge in [-0.15, -0.1) is 0 Å². The second kappa shape index (κ2) is 6.00. The van der Waals surface area contributed by atoms with Crippen LogP contribution in [0.1, 0.15) is 24.2 Å². The Labute approximate surface area is 114 Å². The molecule has 1 aromatic rings. The second-order valence-corrected chi connectivity index (χ2v) is 5.17. The molecule has 0 fully saturated rings. The molecular weight excluding hydrogens is 333 g/mol. The molecule has 0 heterocycles. The Bertz CT molecular complexity index is 414. The highest BCUT2D eigenvalue weighted by Crippen LogP contribution is 2.11. The Morgan fingerprint density at radius 3 is 2.24 bits per heavy atom. The summed E-state index contributed by atoms with van der Waals surface area (Å²) in [6.45, 7) is 3.32. The van der Waals surface area contributed by atoms with Crippen molar-refractivity contribution in [1.29, 1.82) is 0 Å². The average Bonchev–Trinajstić information content (AvgIpc) is 2.25. The van der Waals surface area contributed by atoms with Crippen LogP contribution >= 0.6 is 22.6 Å². The molecule has 0 aromatic heterocycles. The number of nitrogens with zero attached hydrogens (tertiary/aromatic N) is 1. The highest BCUT2D eigenvalue weighted by Gasteiger charge is 2.20. The monoisotopic (exact) mass is 347 g/mol. The van der Waals surface area contributed by atoms with Gasteiger partial charge in [-0.25, -0.2) is 0 Å². The SMILES string of the molecule is CC(C)N(CC(=O)O)C(=O)c1ccc(I)cc1. The Kier molecular flexibility index (Phi) is 4.92. The lowest BCUT2D eigenvalue weighted by Gasteiger charge is -2.24. The average molecular weight is 347 g/mol. The van der Waals surface area contributed by atoms with Gasteiger partial charge in [0.2, 0.25) is 0 Å². The van der Waals surface area contributed by atoms with Gasteiger partial charge in [0.1, 0.15) is 6.54 Å². The van der Waals surface area contributed by atoms with Gasteiger partial charge in [-0.1, -0.05) is 0 Å². The summed E-state index contributed by atoms with van der Waals surface area (Å²) in [6, 6.07) is 6.93. The van der Waals surface area contributed by atoms with E-state index in [2.05, 4.69) is 22.6 Å². The zero-order chi connectivity index (χ0) is 13.0. The molecule has 0 atom stereocenters. The Morgan fingerprint density at radius 2 is 1.82 bits per heavy atom. The van der Waals surface area contributed by atoms with Crippen molar-refractivity contribution in [3.05, 3.63) is 33.4 Å². The number of halogens is 1. The predicted molar refractivity (Wildman–Crippen MR) is 73.0 cm³/mol. The van der Waals surface area contributed by atoms with Crippen molar-refractivity contribution in [2.45, 2.75) is 19.9 Å². The third kappa shape index (κ3) is 3.99. The van der Waals surface area contributed by atoms with E-state index in [1.807, 2.05) is 12.1 Å². The standard InChI is InChI=1S/C12H14INO3/c1-8(2)14(7-11(15)16)12(17)9-3-5-10(13)6-4-9/h3-6,8H,7H2,1-2H3,(H,15,16). The molecule has 0 aliphatic heterocycles.